The molecule has 0 spiro atoms. The van der Waals surface area contributed by atoms with Crippen LogP contribution >= 0.6 is 0 Å². The van der Waals surface area contributed by atoms with Crippen LogP contribution in [0.2, 0.25) is 0 Å². The van der Waals surface area contributed by atoms with Crippen molar-refractivity contribution in [1.29, 1.82) is 0 Å². The van der Waals surface area contributed by atoms with Crippen molar-refractivity contribution in [3.05, 3.63) is 65.9 Å². The van der Waals surface area contributed by atoms with Crippen LogP contribution in [0, 0.1) is 0 Å². The summed E-state index contributed by atoms with van der Waals surface area (Å²) in [7, 11) is -2.32. The van der Waals surface area contributed by atoms with Gasteiger partial charge in [-0.2, -0.15) is 0 Å². The van der Waals surface area contributed by atoms with Gasteiger partial charge in [-0.05, 0) is 48.7 Å². The quantitative estimate of drug-likeness (QED) is 0.598. The third-order valence-electron chi connectivity index (χ3n) is 5.85. The largest absolute Gasteiger partial charge is 0.497 e. The molecule has 5 rings (SSSR count). The van der Waals surface area contributed by atoms with Crippen LogP contribution < -0.4 is 9.04 Å². The van der Waals surface area contributed by atoms with E-state index in [9.17, 15) is 8.42 Å². The second-order valence-corrected chi connectivity index (χ2v) is 9.51. The molecule has 162 valence electrons. The maximum absolute atomic E-state index is 13.7. The molecule has 31 heavy (non-hydrogen) atoms. The van der Waals surface area contributed by atoms with Gasteiger partial charge in [0.05, 0.1) is 17.7 Å². The van der Waals surface area contributed by atoms with Gasteiger partial charge >= 0.3 is 0 Å². The van der Waals surface area contributed by atoms with Crippen molar-refractivity contribution in [1.82, 2.24) is 10.2 Å². The zero-order valence-electron chi connectivity index (χ0n) is 17.1. The summed E-state index contributed by atoms with van der Waals surface area (Å²) in [6.45, 7) is 1.32. The number of methoxy groups -OCH3 is 1. The van der Waals surface area contributed by atoms with E-state index in [1.807, 2.05) is 24.3 Å². The Balaban J connectivity index is 1.53. The summed E-state index contributed by atoms with van der Waals surface area (Å²) in [5.74, 6) is 1.60. The average molecular weight is 442 g/mol. The lowest BCUT2D eigenvalue weighted by Gasteiger charge is -2.25. The molecule has 1 fully saturated rings. The number of benzene rings is 2. The summed E-state index contributed by atoms with van der Waals surface area (Å²) in [5, 5.41) is 8.51. The Morgan fingerprint density at radius 2 is 1.71 bits per heavy atom. The number of sulfonamides is 1. The third kappa shape index (κ3) is 3.57. The van der Waals surface area contributed by atoms with Crippen LogP contribution in [0.5, 0.6) is 5.75 Å². The molecule has 2 aliphatic heterocycles. The van der Waals surface area contributed by atoms with Gasteiger partial charge in [-0.15, -0.1) is 10.2 Å². The van der Waals surface area contributed by atoms with E-state index in [0.717, 1.165) is 18.4 Å². The van der Waals surface area contributed by atoms with E-state index in [2.05, 4.69) is 10.2 Å². The van der Waals surface area contributed by atoms with Gasteiger partial charge in [-0.25, -0.2) is 8.42 Å². The fourth-order valence-electron chi connectivity index (χ4n) is 4.19. The highest BCUT2D eigenvalue weighted by Crippen LogP contribution is 2.44. The fourth-order valence-corrected chi connectivity index (χ4v) is 5.84. The Morgan fingerprint density at radius 3 is 2.45 bits per heavy atom. The van der Waals surface area contributed by atoms with Gasteiger partial charge < -0.3 is 13.9 Å². The molecule has 9 heteroatoms. The molecule has 1 unspecified atom stereocenters. The van der Waals surface area contributed by atoms with Gasteiger partial charge in [0.25, 0.3) is 10.0 Å². The summed E-state index contributed by atoms with van der Waals surface area (Å²) in [6.07, 6.45) is 2.11. The van der Waals surface area contributed by atoms with Gasteiger partial charge in [-0.1, -0.05) is 18.2 Å². The minimum absolute atomic E-state index is 0.144. The van der Waals surface area contributed by atoms with E-state index in [-0.39, 0.29) is 10.8 Å². The van der Waals surface area contributed by atoms with Crippen LogP contribution in [0.1, 0.15) is 42.1 Å². The summed E-state index contributed by atoms with van der Waals surface area (Å²) in [5.41, 5.74) is 1.56. The number of hydrogen-bond acceptors (Lipinski definition) is 7. The molecule has 0 bridgehead atoms. The first-order valence-corrected chi connectivity index (χ1v) is 11.7. The summed E-state index contributed by atoms with van der Waals surface area (Å²) in [4.78, 5) is 0.180. The van der Waals surface area contributed by atoms with Gasteiger partial charge in [0.1, 0.15) is 11.8 Å². The molecular weight excluding hydrogens is 418 g/mol. The second-order valence-electron chi connectivity index (χ2n) is 7.69. The predicted molar refractivity (Wildman–Crippen MR) is 113 cm³/mol. The first kappa shape index (κ1) is 20.0. The highest BCUT2D eigenvalue weighted by molar-refractivity contribution is 7.92. The van der Waals surface area contributed by atoms with Gasteiger partial charge in [0.15, 0.2) is 0 Å². The molecule has 3 aromatic rings. The van der Waals surface area contributed by atoms with E-state index in [4.69, 9.17) is 13.9 Å². The summed E-state index contributed by atoms with van der Waals surface area (Å²) in [6, 6.07) is 13.3. The smallest absolute Gasteiger partial charge is 0.265 e. The van der Waals surface area contributed by atoms with Crippen LogP contribution in [-0.4, -0.2) is 38.9 Å². The lowest BCUT2D eigenvalue weighted by molar-refractivity contribution is 0.0790. The van der Waals surface area contributed by atoms with Crippen molar-refractivity contribution >= 4 is 15.7 Å². The van der Waals surface area contributed by atoms with Crippen LogP contribution in [0.4, 0.5) is 5.69 Å². The van der Waals surface area contributed by atoms with Gasteiger partial charge in [-0.3, -0.25) is 4.31 Å². The Labute approximate surface area is 180 Å². The Bertz CT molecular complexity index is 1170. The maximum atomic E-state index is 13.7. The number of hydrogen-bond donors (Lipinski definition) is 0. The predicted octanol–water partition coefficient (Wildman–Crippen LogP) is 3.46. The lowest BCUT2D eigenvalue weighted by atomic mass is 10.0. The van der Waals surface area contributed by atoms with Crippen LogP contribution in [0.15, 0.2) is 57.8 Å². The SMILES string of the molecule is COc1ccc(S(=O)(=O)N2c3ccccc3CC2c2nnc(C3CCOCC3)o2)cc1. The summed E-state index contributed by atoms with van der Waals surface area (Å²) < 4.78 is 45.4. The normalized spacial score (nSPS) is 19.4. The first-order valence-electron chi connectivity index (χ1n) is 10.3. The van der Waals surface area contributed by atoms with Crippen LogP contribution in [0.3, 0.4) is 0 Å². The van der Waals surface area contributed by atoms with Crippen LogP contribution in [-0.2, 0) is 21.2 Å². The van der Waals surface area contributed by atoms with Crippen molar-refractivity contribution in [3.8, 4) is 5.75 Å². The number of ether oxygens (including phenoxy) is 2. The van der Waals surface area contributed by atoms with Crippen LogP contribution in [0.25, 0.3) is 0 Å². The second kappa shape index (κ2) is 7.97. The number of para-hydroxylation sites is 1. The van der Waals surface area contributed by atoms with E-state index in [1.54, 1.807) is 31.4 Å². The molecule has 0 amide bonds. The first-order chi connectivity index (χ1) is 15.1. The minimum atomic E-state index is -3.86. The molecule has 1 aromatic heterocycles. The Hall–Kier alpha value is -2.91. The molecular formula is C22H23N3O5S. The Morgan fingerprint density at radius 1 is 1.00 bits per heavy atom. The highest BCUT2D eigenvalue weighted by atomic mass is 32.2. The zero-order valence-corrected chi connectivity index (χ0v) is 17.9. The minimum Gasteiger partial charge on any atom is -0.497 e. The topological polar surface area (TPSA) is 94.8 Å². The van der Waals surface area contributed by atoms with Crippen molar-refractivity contribution in [3.63, 3.8) is 0 Å². The van der Waals surface area contributed by atoms with Crippen molar-refractivity contribution in [2.24, 2.45) is 0 Å². The van der Waals surface area contributed by atoms with Gasteiger partial charge in [0, 0.05) is 25.6 Å². The zero-order chi connectivity index (χ0) is 21.4. The van der Waals surface area contributed by atoms with E-state index in [1.165, 1.54) is 4.31 Å². The average Bonchev–Trinajstić information content (AvgIpc) is 3.45. The van der Waals surface area contributed by atoms with Crippen molar-refractivity contribution in [2.75, 3.05) is 24.6 Å². The summed E-state index contributed by atoms with van der Waals surface area (Å²) >= 11 is 0. The fraction of sp³-hybridized carbons (Fsp3) is 0.364. The molecule has 0 radical (unpaired) electrons. The number of fused-ring (bicyclic) bond motifs is 1. The molecule has 0 aliphatic carbocycles. The third-order valence-corrected chi connectivity index (χ3v) is 7.69. The van der Waals surface area contributed by atoms with E-state index < -0.39 is 16.1 Å². The Kier molecular flexibility index (Phi) is 5.15. The standard InChI is InChI=1S/C22H23N3O5S/c1-28-17-6-8-18(9-7-17)31(26,27)25-19-5-3-2-4-16(19)14-20(25)22-24-23-21(30-22)15-10-12-29-13-11-15/h2-9,15,20H,10-14H2,1H3. The van der Waals surface area contributed by atoms with E-state index in [0.29, 0.717) is 42.9 Å². The van der Waals surface area contributed by atoms with Crippen molar-refractivity contribution in [2.45, 2.75) is 36.1 Å². The highest BCUT2D eigenvalue weighted by Gasteiger charge is 2.42. The number of aromatic nitrogens is 2. The van der Waals surface area contributed by atoms with E-state index >= 15 is 0 Å². The molecule has 8 nitrogen and oxygen atoms in total. The molecule has 1 saturated heterocycles. The monoisotopic (exact) mass is 441 g/mol. The lowest BCUT2D eigenvalue weighted by Crippen LogP contribution is -2.32. The number of anilines is 1. The molecule has 0 N–H and O–H groups in total. The molecule has 3 heterocycles. The number of rotatable bonds is 5. The maximum Gasteiger partial charge on any atom is 0.265 e. The number of nitrogens with zero attached hydrogens (tertiary/aromatic N) is 3. The molecule has 2 aliphatic rings. The van der Waals surface area contributed by atoms with Crippen molar-refractivity contribution < 1.29 is 22.3 Å². The van der Waals surface area contributed by atoms with Gasteiger partial charge in [0.2, 0.25) is 11.8 Å². The molecule has 1 atom stereocenters. The molecule has 0 saturated carbocycles. The molecule has 2 aromatic carbocycles.